The van der Waals surface area contributed by atoms with Crippen LogP contribution >= 0.6 is 23.2 Å². The molecule has 2 N–H and O–H groups in total. The van der Waals surface area contributed by atoms with Gasteiger partial charge < -0.3 is 15.2 Å². The molecule has 0 amide bonds. The first-order chi connectivity index (χ1) is 10.6. The van der Waals surface area contributed by atoms with E-state index in [1.165, 1.54) is 6.42 Å². The van der Waals surface area contributed by atoms with Crippen molar-refractivity contribution < 1.29 is 9.47 Å². The average Bonchev–Trinajstić information content (AvgIpc) is 2.41. The SMILES string of the molecule is COc1ncc(Oc2c(Cl)cc(N)cc2Cl)cc1C1CCC1. The third-order valence-corrected chi connectivity index (χ3v) is 4.39. The summed E-state index contributed by atoms with van der Waals surface area (Å²) in [6, 6.07) is 5.15. The topological polar surface area (TPSA) is 57.4 Å². The maximum atomic E-state index is 6.15. The van der Waals surface area contributed by atoms with Crippen molar-refractivity contribution in [3.05, 3.63) is 40.0 Å². The number of hydrogen-bond donors (Lipinski definition) is 1. The van der Waals surface area contributed by atoms with Crippen LogP contribution < -0.4 is 15.2 Å². The zero-order valence-electron chi connectivity index (χ0n) is 12.1. The maximum absolute atomic E-state index is 6.15. The lowest BCUT2D eigenvalue weighted by Crippen LogP contribution is -2.11. The van der Waals surface area contributed by atoms with Crippen LogP contribution in [0.4, 0.5) is 5.69 Å². The van der Waals surface area contributed by atoms with Crippen molar-refractivity contribution >= 4 is 28.9 Å². The number of nitrogens with two attached hydrogens (primary N) is 1. The van der Waals surface area contributed by atoms with Gasteiger partial charge in [0.05, 0.1) is 23.4 Å². The van der Waals surface area contributed by atoms with E-state index in [1.807, 2.05) is 6.07 Å². The van der Waals surface area contributed by atoms with Gasteiger partial charge in [0.25, 0.3) is 0 Å². The van der Waals surface area contributed by atoms with Crippen LogP contribution in [0.5, 0.6) is 17.4 Å². The average molecular weight is 339 g/mol. The van der Waals surface area contributed by atoms with Gasteiger partial charge in [0.1, 0.15) is 5.75 Å². The Balaban J connectivity index is 1.93. The number of ether oxygens (including phenoxy) is 2. The number of nitrogens with zero attached hydrogens (tertiary/aromatic N) is 1. The van der Waals surface area contributed by atoms with Crippen LogP contribution in [0.1, 0.15) is 30.7 Å². The quantitative estimate of drug-likeness (QED) is 0.793. The Morgan fingerprint density at radius 1 is 1.18 bits per heavy atom. The molecule has 0 saturated heterocycles. The van der Waals surface area contributed by atoms with Crippen molar-refractivity contribution in [2.45, 2.75) is 25.2 Å². The highest BCUT2D eigenvalue weighted by molar-refractivity contribution is 6.37. The van der Waals surface area contributed by atoms with E-state index in [2.05, 4.69) is 4.98 Å². The molecule has 0 radical (unpaired) electrons. The summed E-state index contributed by atoms with van der Waals surface area (Å²) in [7, 11) is 1.62. The molecule has 0 spiro atoms. The molecule has 1 fully saturated rings. The minimum Gasteiger partial charge on any atom is -0.481 e. The summed E-state index contributed by atoms with van der Waals surface area (Å²) in [4.78, 5) is 4.32. The molecule has 0 unspecified atom stereocenters. The zero-order chi connectivity index (χ0) is 15.7. The standard InChI is InChI=1S/C16H16Cl2N2O2/c1-21-16-12(9-3-2-4-9)7-11(8-20-16)22-15-13(17)5-10(19)6-14(15)18/h5-9H,2-4,19H2,1H3. The molecular formula is C16H16Cl2N2O2. The van der Waals surface area contributed by atoms with E-state index in [0.717, 1.165) is 18.4 Å². The largest absolute Gasteiger partial charge is 0.481 e. The number of hydrogen-bond acceptors (Lipinski definition) is 4. The summed E-state index contributed by atoms with van der Waals surface area (Å²) in [5, 5.41) is 0.733. The molecule has 0 bridgehead atoms. The van der Waals surface area contributed by atoms with Crippen LogP contribution in [-0.4, -0.2) is 12.1 Å². The highest BCUT2D eigenvalue weighted by Crippen LogP contribution is 2.43. The van der Waals surface area contributed by atoms with Gasteiger partial charge in [0, 0.05) is 11.3 Å². The molecule has 2 aromatic rings. The lowest BCUT2D eigenvalue weighted by molar-refractivity contribution is 0.358. The first kappa shape index (κ1) is 15.3. The summed E-state index contributed by atoms with van der Waals surface area (Å²) in [5.74, 6) is 2.08. The second-order valence-corrected chi connectivity index (χ2v) is 6.13. The Kier molecular flexibility index (Phi) is 4.32. The monoisotopic (exact) mass is 338 g/mol. The van der Waals surface area contributed by atoms with E-state index in [-0.39, 0.29) is 0 Å². The van der Waals surface area contributed by atoms with Crippen LogP contribution in [-0.2, 0) is 0 Å². The zero-order valence-corrected chi connectivity index (χ0v) is 13.6. The minimum atomic E-state index is 0.367. The van der Waals surface area contributed by atoms with Crippen molar-refractivity contribution in [2.24, 2.45) is 0 Å². The second-order valence-electron chi connectivity index (χ2n) is 5.31. The number of benzene rings is 1. The molecule has 1 saturated carbocycles. The van der Waals surface area contributed by atoms with Crippen molar-refractivity contribution in [3.63, 3.8) is 0 Å². The van der Waals surface area contributed by atoms with E-state index >= 15 is 0 Å². The molecule has 116 valence electrons. The smallest absolute Gasteiger partial charge is 0.216 e. The first-order valence-electron chi connectivity index (χ1n) is 7.04. The van der Waals surface area contributed by atoms with Crippen LogP contribution in [0.3, 0.4) is 0 Å². The third-order valence-electron chi connectivity index (χ3n) is 3.83. The predicted octanol–water partition coefficient (Wildman–Crippen LogP) is 5.04. The summed E-state index contributed by atoms with van der Waals surface area (Å²) < 4.78 is 11.2. The summed E-state index contributed by atoms with van der Waals surface area (Å²) in [6.07, 6.45) is 5.12. The molecule has 6 heteroatoms. The van der Waals surface area contributed by atoms with Crippen molar-refractivity contribution in [1.82, 2.24) is 4.98 Å². The molecule has 22 heavy (non-hydrogen) atoms. The minimum absolute atomic E-state index is 0.367. The Hall–Kier alpha value is -1.65. The first-order valence-corrected chi connectivity index (χ1v) is 7.80. The van der Waals surface area contributed by atoms with Crippen LogP contribution in [0, 0.1) is 0 Å². The number of anilines is 1. The normalized spacial score (nSPS) is 14.5. The van der Waals surface area contributed by atoms with Crippen molar-refractivity contribution in [2.75, 3.05) is 12.8 Å². The van der Waals surface area contributed by atoms with Crippen LogP contribution in [0.15, 0.2) is 24.4 Å². The van der Waals surface area contributed by atoms with Gasteiger partial charge in [-0.1, -0.05) is 29.6 Å². The molecular weight excluding hydrogens is 323 g/mol. The number of rotatable bonds is 4. The van der Waals surface area contributed by atoms with Gasteiger partial charge in [-0.3, -0.25) is 0 Å². The highest BCUT2D eigenvalue weighted by Gasteiger charge is 2.24. The van der Waals surface area contributed by atoms with Crippen molar-refractivity contribution in [1.29, 1.82) is 0 Å². The fourth-order valence-corrected chi connectivity index (χ4v) is 3.06. The Bertz CT molecular complexity index is 680. The number of pyridine rings is 1. The summed E-state index contributed by atoms with van der Waals surface area (Å²) in [5.41, 5.74) is 7.25. The fourth-order valence-electron chi connectivity index (χ4n) is 2.48. The second kappa shape index (κ2) is 6.23. The number of methoxy groups -OCH3 is 1. The Morgan fingerprint density at radius 3 is 2.41 bits per heavy atom. The van der Waals surface area contributed by atoms with E-state index in [1.54, 1.807) is 25.4 Å². The van der Waals surface area contributed by atoms with E-state index in [9.17, 15) is 0 Å². The molecule has 0 atom stereocenters. The van der Waals surface area contributed by atoms with Gasteiger partial charge in [-0.15, -0.1) is 0 Å². The number of nitrogen functional groups attached to an aromatic ring is 1. The predicted molar refractivity (Wildman–Crippen MR) is 88.3 cm³/mol. The van der Waals surface area contributed by atoms with Gasteiger partial charge >= 0.3 is 0 Å². The highest BCUT2D eigenvalue weighted by atomic mass is 35.5. The molecule has 1 aliphatic rings. The lowest BCUT2D eigenvalue weighted by atomic mass is 9.80. The van der Waals surface area contributed by atoms with Gasteiger partial charge in [-0.25, -0.2) is 4.98 Å². The molecule has 1 heterocycles. The van der Waals surface area contributed by atoms with E-state index < -0.39 is 0 Å². The van der Waals surface area contributed by atoms with Gasteiger partial charge in [-0.05, 0) is 37.0 Å². The Morgan fingerprint density at radius 2 is 1.86 bits per heavy atom. The number of aromatic nitrogens is 1. The van der Waals surface area contributed by atoms with Crippen LogP contribution in [0.25, 0.3) is 0 Å². The van der Waals surface area contributed by atoms with E-state index in [0.29, 0.717) is 39.0 Å². The van der Waals surface area contributed by atoms with Crippen molar-refractivity contribution in [3.8, 4) is 17.4 Å². The summed E-state index contributed by atoms with van der Waals surface area (Å²) >= 11 is 12.3. The number of halogens is 2. The third kappa shape index (κ3) is 2.94. The summed E-state index contributed by atoms with van der Waals surface area (Å²) in [6.45, 7) is 0. The van der Waals surface area contributed by atoms with Gasteiger partial charge in [0.15, 0.2) is 5.75 Å². The van der Waals surface area contributed by atoms with Crippen LogP contribution in [0.2, 0.25) is 10.0 Å². The molecule has 3 rings (SSSR count). The van der Waals surface area contributed by atoms with Gasteiger partial charge in [0.2, 0.25) is 5.88 Å². The molecule has 4 nitrogen and oxygen atoms in total. The molecule has 1 aromatic heterocycles. The fraction of sp³-hybridized carbons (Fsp3) is 0.312. The van der Waals surface area contributed by atoms with E-state index in [4.69, 9.17) is 38.4 Å². The Labute approximate surface area is 139 Å². The van der Waals surface area contributed by atoms with Gasteiger partial charge in [-0.2, -0.15) is 0 Å². The molecule has 1 aromatic carbocycles. The molecule has 0 aliphatic heterocycles. The maximum Gasteiger partial charge on any atom is 0.216 e. The molecule has 1 aliphatic carbocycles. The lowest BCUT2D eigenvalue weighted by Gasteiger charge is -2.27.